The Balaban J connectivity index is 1.58. The van der Waals surface area contributed by atoms with Gasteiger partial charge in [-0.25, -0.2) is 22.4 Å². The van der Waals surface area contributed by atoms with Crippen molar-refractivity contribution in [3.05, 3.63) is 62.4 Å². The van der Waals surface area contributed by atoms with E-state index in [0.29, 0.717) is 44.4 Å². The minimum Gasteiger partial charge on any atom is -0.324 e. The van der Waals surface area contributed by atoms with E-state index >= 15 is 0 Å². The van der Waals surface area contributed by atoms with E-state index < -0.39 is 15.9 Å². The van der Waals surface area contributed by atoms with Crippen LogP contribution in [0.3, 0.4) is 0 Å². The zero-order valence-electron chi connectivity index (χ0n) is 19.8. The first kappa shape index (κ1) is 27.5. The highest BCUT2D eigenvalue weighted by molar-refractivity contribution is 9.10. The predicted molar refractivity (Wildman–Crippen MR) is 146 cm³/mol. The number of hydrogen-bond donors (Lipinski definition) is 2. The van der Waals surface area contributed by atoms with Gasteiger partial charge in [0, 0.05) is 36.3 Å². The Labute approximate surface area is 232 Å². The summed E-state index contributed by atoms with van der Waals surface area (Å²) >= 11 is 15.8. The van der Waals surface area contributed by atoms with Gasteiger partial charge in [0.1, 0.15) is 10.3 Å². The first-order valence-corrected chi connectivity index (χ1v) is 14.6. The van der Waals surface area contributed by atoms with Gasteiger partial charge in [-0.2, -0.15) is 5.10 Å². The molecule has 0 spiro atoms. The van der Waals surface area contributed by atoms with E-state index in [-0.39, 0.29) is 36.4 Å². The summed E-state index contributed by atoms with van der Waals surface area (Å²) in [5.74, 6) is -0.896. The van der Waals surface area contributed by atoms with Crippen molar-refractivity contribution in [2.24, 2.45) is 5.92 Å². The van der Waals surface area contributed by atoms with Crippen molar-refractivity contribution in [2.75, 3.05) is 30.0 Å². The molecule has 1 saturated heterocycles. The highest BCUT2D eigenvalue weighted by atomic mass is 79.9. The zero-order chi connectivity index (χ0) is 26.9. The average Bonchev–Trinajstić information content (AvgIpc) is 3.22. The summed E-state index contributed by atoms with van der Waals surface area (Å²) in [6, 6.07) is 8.05. The first-order valence-electron chi connectivity index (χ1n) is 11.2. The molecule has 0 saturated carbocycles. The average molecular weight is 630 g/mol. The second kappa shape index (κ2) is 11.1. The third-order valence-electron chi connectivity index (χ3n) is 5.94. The highest BCUT2D eigenvalue weighted by Crippen LogP contribution is 2.32. The second-order valence-electron chi connectivity index (χ2n) is 8.60. The number of anilines is 2. The second-order valence-corrected chi connectivity index (χ2v) is 12.2. The number of halogens is 3. The van der Waals surface area contributed by atoms with Crippen LogP contribution in [0.2, 0.25) is 10.0 Å². The molecule has 2 N–H and O–H groups in total. The molecule has 14 heteroatoms. The third-order valence-corrected chi connectivity index (χ3v) is 8.15. The van der Waals surface area contributed by atoms with E-state index in [1.165, 1.54) is 21.3 Å². The molecule has 1 aromatic carbocycles. The maximum atomic E-state index is 13.4. The Morgan fingerprint density at radius 1 is 1.14 bits per heavy atom. The number of benzene rings is 1. The maximum absolute atomic E-state index is 13.4. The lowest BCUT2D eigenvalue weighted by Gasteiger charge is -2.29. The Morgan fingerprint density at radius 2 is 1.84 bits per heavy atom. The number of aromatic nitrogens is 3. The molecular formula is C23H23BrCl2N6O4S. The molecule has 196 valence electrons. The van der Waals surface area contributed by atoms with Crippen LogP contribution >= 0.6 is 39.1 Å². The SMILES string of the molecule is Cc1cc(Cl)cc(NC(=O)C2CCN(S(C)(=O)=O)CC2)c1NC(=O)c1cc(Br)nn1-c1ncccc1Cl. The van der Waals surface area contributed by atoms with Crippen molar-refractivity contribution in [3.63, 3.8) is 0 Å². The fourth-order valence-electron chi connectivity index (χ4n) is 4.08. The minimum absolute atomic E-state index is 0.159. The van der Waals surface area contributed by atoms with Crippen molar-refractivity contribution in [2.45, 2.75) is 19.8 Å². The normalized spacial score (nSPS) is 14.9. The number of sulfonamides is 1. The first-order chi connectivity index (χ1) is 17.4. The summed E-state index contributed by atoms with van der Waals surface area (Å²) in [4.78, 5) is 30.6. The summed E-state index contributed by atoms with van der Waals surface area (Å²) < 4.78 is 26.6. The third kappa shape index (κ3) is 6.32. The van der Waals surface area contributed by atoms with Crippen molar-refractivity contribution >= 4 is 72.3 Å². The van der Waals surface area contributed by atoms with Crippen LogP contribution in [0.4, 0.5) is 11.4 Å². The van der Waals surface area contributed by atoms with E-state index in [2.05, 4.69) is 36.6 Å². The molecule has 10 nitrogen and oxygen atoms in total. The number of aryl methyl sites for hydroxylation is 1. The van der Waals surface area contributed by atoms with Gasteiger partial charge in [0.15, 0.2) is 5.82 Å². The molecule has 3 aromatic rings. The standard InChI is InChI=1S/C23H23BrCl2N6O4S/c1-13-10-15(25)11-17(28-22(33)14-5-8-31(9-6-14)37(2,35)36)20(13)29-23(34)18-12-19(24)30-32(18)21-16(26)4-3-7-27-21/h3-4,7,10-12,14H,5-6,8-9H2,1-2H3,(H,28,33)(H,29,34). The van der Waals surface area contributed by atoms with Gasteiger partial charge in [-0.1, -0.05) is 23.2 Å². The predicted octanol–water partition coefficient (Wildman–Crippen LogP) is 4.51. The molecule has 37 heavy (non-hydrogen) atoms. The van der Waals surface area contributed by atoms with E-state index in [9.17, 15) is 18.0 Å². The Hall–Kier alpha value is -2.51. The summed E-state index contributed by atoms with van der Waals surface area (Å²) in [5.41, 5.74) is 1.48. The molecule has 0 aliphatic carbocycles. The van der Waals surface area contributed by atoms with E-state index in [4.69, 9.17) is 23.2 Å². The number of pyridine rings is 1. The highest BCUT2D eigenvalue weighted by Gasteiger charge is 2.30. The number of piperidine rings is 1. The summed E-state index contributed by atoms with van der Waals surface area (Å²) in [7, 11) is -3.30. The van der Waals surface area contributed by atoms with Crippen molar-refractivity contribution < 1.29 is 18.0 Å². The summed E-state index contributed by atoms with van der Waals surface area (Å²) in [5, 5.41) is 10.7. The summed E-state index contributed by atoms with van der Waals surface area (Å²) in [6.45, 7) is 2.29. The maximum Gasteiger partial charge on any atom is 0.274 e. The van der Waals surface area contributed by atoms with Crippen LogP contribution < -0.4 is 10.6 Å². The van der Waals surface area contributed by atoms with Gasteiger partial charge >= 0.3 is 0 Å². The van der Waals surface area contributed by atoms with Gasteiger partial charge in [-0.05, 0) is 65.5 Å². The van der Waals surface area contributed by atoms with Crippen LogP contribution in [0.25, 0.3) is 5.82 Å². The molecule has 1 fully saturated rings. The van der Waals surface area contributed by atoms with E-state index in [1.54, 1.807) is 31.2 Å². The van der Waals surface area contributed by atoms with E-state index in [1.807, 2.05) is 0 Å². The van der Waals surface area contributed by atoms with Crippen LogP contribution in [0.15, 0.2) is 41.1 Å². The lowest BCUT2D eigenvalue weighted by molar-refractivity contribution is -0.120. The topological polar surface area (TPSA) is 126 Å². The fourth-order valence-corrected chi connectivity index (χ4v) is 5.80. The molecular weight excluding hydrogens is 607 g/mol. The number of nitrogens with zero attached hydrogens (tertiary/aromatic N) is 4. The molecule has 1 aliphatic heterocycles. The monoisotopic (exact) mass is 628 g/mol. The summed E-state index contributed by atoms with van der Waals surface area (Å²) in [6.07, 6.45) is 3.47. The van der Waals surface area contributed by atoms with Crippen molar-refractivity contribution in [1.82, 2.24) is 19.1 Å². The number of rotatable bonds is 6. The van der Waals surface area contributed by atoms with Crippen molar-refractivity contribution in [1.29, 1.82) is 0 Å². The van der Waals surface area contributed by atoms with Gasteiger partial charge in [0.25, 0.3) is 5.91 Å². The van der Waals surface area contributed by atoms with Crippen LogP contribution in [0, 0.1) is 12.8 Å². The lowest BCUT2D eigenvalue weighted by atomic mass is 9.97. The van der Waals surface area contributed by atoms with Gasteiger partial charge in [0.2, 0.25) is 15.9 Å². The lowest BCUT2D eigenvalue weighted by Crippen LogP contribution is -2.41. The Morgan fingerprint density at radius 3 is 2.49 bits per heavy atom. The Kier molecular flexibility index (Phi) is 8.24. The van der Waals surface area contributed by atoms with Crippen molar-refractivity contribution in [3.8, 4) is 5.82 Å². The quantitative estimate of drug-likeness (QED) is 0.413. The van der Waals surface area contributed by atoms with Crippen LogP contribution in [-0.2, 0) is 14.8 Å². The van der Waals surface area contributed by atoms with Gasteiger partial charge in [-0.3, -0.25) is 9.59 Å². The smallest absolute Gasteiger partial charge is 0.274 e. The molecule has 2 aromatic heterocycles. The number of carbonyl (C=O) groups is 2. The molecule has 0 bridgehead atoms. The molecule has 0 atom stereocenters. The number of hydrogen-bond acceptors (Lipinski definition) is 6. The number of carbonyl (C=O) groups excluding carboxylic acids is 2. The molecule has 1 aliphatic rings. The zero-order valence-corrected chi connectivity index (χ0v) is 23.7. The molecule has 2 amide bonds. The number of amides is 2. The Bertz CT molecular complexity index is 1470. The molecule has 3 heterocycles. The fraction of sp³-hybridized carbons (Fsp3) is 0.304. The van der Waals surface area contributed by atoms with Crippen LogP contribution in [0.5, 0.6) is 0 Å². The van der Waals surface area contributed by atoms with Crippen LogP contribution in [0.1, 0.15) is 28.9 Å². The largest absolute Gasteiger partial charge is 0.324 e. The molecule has 4 rings (SSSR count). The van der Waals surface area contributed by atoms with Gasteiger partial charge in [-0.15, -0.1) is 0 Å². The number of nitrogens with one attached hydrogen (secondary N) is 2. The molecule has 0 radical (unpaired) electrons. The van der Waals surface area contributed by atoms with Gasteiger partial charge < -0.3 is 10.6 Å². The van der Waals surface area contributed by atoms with Crippen LogP contribution in [-0.4, -0.2) is 58.6 Å². The minimum atomic E-state index is -3.30. The van der Waals surface area contributed by atoms with E-state index in [0.717, 1.165) is 6.26 Å². The van der Waals surface area contributed by atoms with Gasteiger partial charge in [0.05, 0.1) is 22.7 Å². The molecule has 0 unspecified atom stereocenters.